The zero-order chi connectivity index (χ0) is 18.0. The number of hydrogen-bond donors (Lipinski definition) is 1. The number of rotatable bonds is 4. The van der Waals surface area contributed by atoms with Gasteiger partial charge in [0.1, 0.15) is 6.04 Å². The minimum Gasteiger partial charge on any atom is -0.324 e. The molecule has 1 N–H and O–H groups in total. The van der Waals surface area contributed by atoms with Crippen LogP contribution in [0.3, 0.4) is 0 Å². The first-order chi connectivity index (χ1) is 11.2. The van der Waals surface area contributed by atoms with Gasteiger partial charge in [0.25, 0.3) is 11.2 Å². The predicted octanol–water partition coefficient (Wildman–Crippen LogP) is 3.23. The molecule has 2 rings (SSSR count). The van der Waals surface area contributed by atoms with Crippen molar-refractivity contribution in [1.82, 2.24) is 4.57 Å². The van der Waals surface area contributed by atoms with Crippen molar-refractivity contribution in [2.24, 2.45) is 0 Å². The van der Waals surface area contributed by atoms with Crippen LogP contribution in [0.4, 0.5) is 11.4 Å². The lowest BCUT2D eigenvalue weighted by molar-refractivity contribution is -0.385. The summed E-state index contributed by atoms with van der Waals surface area (Å²) in [4.78, 5) is 35.0. The number of pyridine rings is 1. The van der Waals surface area contributed by atoms with Crippen LogP contribution >= 0.6 is 11.6 Å². The average molecular weight is 350 g/mol. The highest BCUT2D eigenvalue weighted by molar-refractivity contribution is 6.31. The van der Waals surface area contributed by atoms with Gasteiger partial charge >= 0.3 is 0 Å². The van der Waals surface area contributed by atoms with Crippen molar-refractivity contribution in [1.29, 1.82) is 0 Å². The Morgan fingerprint density at radius 3 is 2.67 bits per heavy atom. The van der Waals surface area contributed by atoms with E-state index in [1.165, 1.54) is 19.9 Å². The molecular weight excluding hydrogens is 334 g/mol. The van der Waals surface area contributed by atoms with Crippen molar-refractivity contribution < 1.29 is 9.72 Å². The van der Waals surface area contributed by atoms with Crippen molar-refractivity contribution in [3.63, 3.8) is 0 Å². The number of anilines is 1. The van der Waals surface area contributed by atoms with E-state index in [4.69, 9.17) is 11.6 Å². The molecule has 0 saturated carbocycles. The zero-order valence-corrected chi connectivity index (χ0v) is 14.1. The standard InChI is InChI=1S/C16H16ClN3O4/c1-9-7-12(20(23)24)8-19(16(9)22)11(3)15(21)18-14-6-4-5-13(17)10(14)2/h4-8,11H,1-3H3,(H,18,21). The average Bonchev–Trinajstić information content (AvgIpc) is 2.53. The van der Waals surface area contributed by atoms with E-state index in [-0.39, 0.29) is 11.3 Å². The Labute approximate surface area is 143 Å². The molecule has 2 aromatic rings. The van der Waals surface area contributed by atoms with Gasteiger partial charge in [-0.3, -0.25) is 24.3 Å². The summed E-state index contributed by atoms with van der Waals surface area (Å²) in [5, 5.41) is 14.2. The number of amides is 1. The largest absolute Gasteiger partial charge is 0.324 e. The zero-order valence-electron chi connectivity index (χ0n) is 13.4. The van der Waals surface area contributed by atoms with Gasteiger partial charge in [0.15, 0.2) is 0 Å². The molecule has 1 amide bonds. The van der Waals surface area contributed by atoms with Gasteiger partial charge < -0.3 is 5.32 Å². The second-order valence-electron chi connectivity index (χ2n) is 5.43. The molecule has 0 radical (unpaired) electrons. The third kappa shape index (κ3) is 3.46. The maximum Gasteiger partial charge on any atom is 0.286 e. The van der Waals surface area contributed by atoms with Crippen molar-refractivity contribution in [3.05, 3.63) is 67.1 Å². The quantitative estimate of drug-likeness (QED) is 0.677. The second kappa shape index (κ2) is 6.84. The Morgan fingerprint density at radius 2 is 2.04 bits per heavy atom. The first-order valence-corrected chi connectivity index (χ1v) is 7.53. The summed E-state index contributed by atoms with van der Waals surface area (Å²) < 4.78 is 1.06. The summed E-state index contributed by atoms with van der Waals surface area (Å²) in [6.45, 7) is 4.73. The van der Waals surface area contributed by atoms with Crippen molar-refractivity contribution in [2.75, 3.05) is 5.32 Å². The number of nitrogens with zero attached hydrogens (tertiary/aromatic N) is 2. The van der Waals surface area contributed by atoms with Crippen LogP contribution in [0, 0.1) is 24.0 Å². The summed E-state index contributed by atoms with van der Waals surface area (Å²) >= 11 is 6.01. The van der Waals surface area contributed by atoms with Gasteiger partial charge in [-0.05, 0) is 38.5 Å². The van der Waals surface area contributed by atoms with Gasteiger partial charge in [-0.1, -0.05) is 17.7 Å². The molecule has 1 aromatic carbocycles. The molecule has 1 unspecified atom stereocenters. The molecule has 0 aliphatic carbocycles. The van der Waals surface area contributed by atoms with Gasteiger partial charge in [0, 0.05) is 22.3 Å². The Bertz CT molecular complexity index is 876. The highest BCUT2D eigenvalue weighted by atomic mass is 35.5. The number of nitrogens with one attached hydrogen (secondary N) is 1. The number of carbonyl (C=O) groups excluding carboxylic acids is 1. The van der Waals surface area contributed by atoms with Gasteiger partial charge in [0.05, 0.1) is 11.1 Å². The summed E-state index contributed by atoms with van der Waals surface area (Å²) in [6, 6.07) is 5.34. The van der Waals surface area contributed by atoms with E-state index in [9.17, 15) is 19.7 Å². The molecule has 7 nitrogen and oxygen atoms in total. The lowest BCUT2D eigenvalue weighted by atomic mass is 10.2. The molecule has 0 bridgehead atoms. The predicted molar refractivity (Wildman–Crippen MR) is 91.6 cm³/mol. The van der Waals surface area contributed by atoms with Gasteiger partial charge in [-0.15, -0.1) is 0 Å². The van der Waals surface area contributed by atoms with E-state index in [0.29, 0.717) is 16.3 Å². The third-order valence-electron chi connectivity index (χ3n) is 3.74. The second-order valence-corrected chi connectivity index (χ2v) is 5.84. The van der Waals surface area contributed by atoms with Crippen molar-refractivity contribution in [2.45, 2.75) is 26.8 Å². The number of aromatic nitrogens is 1. The topological polar surface area (TPSA) is 94.2 Å². The van der Waals surface area contributed by atoms with Crippen LogP contribution in [-0.4, -0.2) is 15.4 Å². The molecule has 1 aromatic heterocycles. The van der Waals surface area contributed by atoms with Crippen LogP contribution in [0.2, 0.25) is 5.02 Å². The normalized spacial score (nSPS) is 11.8. The number of benzene rings is 1. The lowest BCUT2D eigenvalue weighted by Crippen LogP contribution is -2.32. The van der Waals surface area contributed by atoms with E-state index >= 15 is 0 Å². The molecule has 126 valence electrons. The van der Waals surface area contributed by atoms with Crippen LogP contribution in [0.1, 0.15) is 24.1 Å². The van der Waals surface area contributed by atoms with E-state index in [2.05, 4.69) is 5.32 Å². The smallest absolute Gasteiger partial charge is 0.286 e. The van der Waals surface area contributed by atoms with Crippen molar-refractivity contribution >= 4 is 28.9 Å². The first-order valence-electron chi connectivity index (χ1n) is 7.15. The lowest BCUT2D eigenvalue weighted by Gasteiger charge is -2.17. The highest BCUT2D eigenvalue weighted by Crippen LogP contribution is 2.24. The third-order valence-corrected chi connectivity index (χ3v) is 4.15. The fraction of sp³-hybridized carbons (Fsp3) is 0.250. The Balaban J connectivity index is 2.36. The Morgan fingerprint density at radius 1 is 1.38 bits per heavy atom. The van der Waals surface area contributed by atoms with Crippen LogP contribution in [0.25, 0.3) is 0 Å². The van der Waals surface area contributed by atoms with Gasteiger partial charge in [-0.2, -0.15) is 0 Å². The molecule has 0 fully saturated rings. The molecular formula is C16H16ClN3O4. The van der Waals surface area contributed by atoms with E-state index in [0.717, 1.165) is 10.8 Å². The van der Waals surface area contributed by atoms with Crippen LogP contribution in [0.5, 0.6) is 0 Å². The maximum atomic E-state index is 12.4. The fourth-order valence-corrected chi connectivity index (χ4v) is 2.39. The number of aryl methyl sites for hydroxylation is 1. The fourth-order valence-electron chi connectivity index (χ4n) is 2.22. The number of carbonyl (C=O) groups is 1. The molecule has 1 atom stereocenters. The first kappa shape index (κ1) is 17.7. The molecule has 0 saturated heterocycles. The van der Waals surface area contributed by atoms with Crippen molar-refractivity contribution in [3.8, 4) is 0 Å². The molecule has 24 heavy (non-hydrogen) atoms. The Hall–Kier alpha value is -2.67. The number of nitro groups is 1. The molecule has 1 heterocycles. The minimum atomic E-state index is -0.922. The van der Waals surface area contributed by atoms with E-state index in [1.54, 1.807) is 25.1 Å². The van der Waals surface area contributed by atoms with E-state index in [1.807, 2.05) is 0 Å². The summed E-state index contributed by atoms with van der Waals surface area (Å²) in [7, 11) is 0. The van der Waals surface area contributed by atoms with Crippen LogP contribution in [0.15, 0.2) is 35.3 Å². The molecule has 8 heteroatoms. The summed E-state index contributed by atoms with van der Waals surface area (Å²) in [5.74, 6) is -0.470. The van der Waals surface area contributed by atoms with E-state index < -0.39 is 22.4 Å². The summed E-state index contributed by atoms with van der Waals surface area (Å²) in [5.41, 5.74) is 0.719. The molecule has 0 aliphatic rings. The Kier molecular flexibility index (Phi) is 5.04. The van der Waals surface area contributed by atoms with Gasteiger partial charge in [0.2, 0.25) is 5.91 Å². The highest BCUT2D eigenvalue weighted by Gasteiger charge is 2.21. The molecule has 0 spiro atoms. The minimum absolute atomic E-state index is 0.197. The number of hydrogen-bond acceptors (Lipinski definition) is 4. The van der Waals surface area contributed by atoms with Gasteiger partial charge in [-0.25, -0.2) is 0 Å². The SMILES string of the molecule is Cc1c(Cl)cccc1NC(=O)C(C)n1cc([N+](=O)[O-])cc(C)c1=O. The monoisotopic (exact) mass is 349 g/mol. The summed E-state index contributed by atoms with van der Waals surface area (Å²) in [6.07, 6.45) is 1.07. The number of halogens is 1. The van der Waals surface area contributed by atoms with Crippen LogP contribution in [-0.2, 0) is 4.79 Å². The molecule has 0 aliphatic heterocycles. The van der Waals surface area contributed by atoms with Crippen LogP contribution < -0.4 is 10.9 Å². The maximum absolute atomic E-state index is 12.4.